The van der Waals surface area contributed by atoms with E-state index in [-0.39, 0.29) is 48.1 Å². The van der Waals surface area contributed by atoms with Gasteiger partial charge in [0, 0.05) is 46.6 Å². The van der Waals surface area contributed by atoms with Crippen LogP contribution < -0.4 is 14.5 Å². The number of aromatic nitrogens is 2. The normalized spacial score (nSPS) is 13.3. The maximum absolute atomic E-state index is 7.29. The summed E-state index contributed by atoms with van der Waals surface area (Å²) in [6, 6.07) is 74.9. The second kappa shape index (κ2) is 23.6. The SMILES string of the molecule is Cc1cc(C)c(-c2cc(Oc3[c-]c(C4(c5ccccn5)c5cc(C(C)(C)C)ccc5N(c5ccc(C(C)(C)C)cc5)c5ccc(C(C)(C)C)cc54)ccc3)[c-]c(-c3cc(N(c4ccc(C(C)(C)C)cc4)c4ccc(C(C)(C)C)cc4)ccn3)c2)c(C)c1.[Pt+2]. The van der Waals surface area contributed by atoms with Crippen LogP contribution in [0.2, 0.25) is 0 Å². The predicted molar refractivity (Wildman–Crippen MR) is 366 cm³/mol. The number of hydrogen-bond donors (Lipinski definition) is 0. The molecule has 11 rings (SSSR count). The molecule has 0 fully saturated rings. The van der Waals surface area contributed by atoms with Crippen molar-refractivity contribution < 1.29 is 25.8 Å². The summed E-state index contributed by atoms with van der Waals surface area (Å²) < 4.78 is 7.29. The van der Waals surface area contributed by atoms with Crippen molar-refractivity contribution in [3.05, 3.63) is 273 Å². The van der Waals surface area contributed by atoms with E-state index >= 15 is 0 Å². The molecule has 88 heavy (non-hydrogen) atoms. The number of ether oxygens (including phenoxy) is 1. The second-order valence-electron chi connectivity index (χ2n) is 29.3. The first-order chi connectivity index (χ1) is 41.0. The molecular formula is C82H86N4OPt. The molecule has 1 aliphatic heterocycles. The van der Waals surface area contributed by atoms with E-state index in [4.69, 9.17) is 14.7 Å². The van der Waals surface area contributed by atoms with Gasteiger partial charge in [-0.15, -0.1) is 29.3 Å². The summed E-state index contributed by atoms with van der Waals surface area (Å²) in [6.45, 7) is 40.7. The zero-order chi connectivity index (χ0) is 62.2. The first kappa shape index (κ1) is 63.2. The fourth-order valence-corrected chi connectivity index (χ4v) is 12.7. The van der Waals surface area contributed by atoms with Gasteiger partial charge in [0.05, 0.1) is 22.5 Å². The number of pyridine rings is 2. The molecule has 0 N–H and O–H groups in total. The van der Waals surface area contributed by atoms with Crippen LogP contribution >= 0.6 is 0 Å². The fraction of sp³-hybridized carbons (Fsp3) is 0.293. The van der Waals surface area contributed by atoms with Crippen molar-refractivity contribution >= 4 is 34.1 Å². The van der Waals surface area contributed by atoms with Gasteiger partial charge < -0.3 is 19.5 Å². The molecule has 450 valence electrons. The molecule has 0 bridgehead atoms. The summed E-state index contributed by atoms with van der Waals surface area (Å²) >= 11 is 0. The van der Waals surface area contributed by atoms with E-state index < -0.39 is 5.41 Å². The van der Waals surface area contributed by atoms with E-state index in [1.54, 1.807) is 0 Å². The summed E-state index contributed by atoms with van der Waals surface area (Å²) in [5.41, 5.74) is 22.8. The van der Waals surface area contributed by atoms with Crippen molar-refractivity contribution in [3.63, 3.8) is 0 Å². The van der Waals surface area contributed by atoms with Gasteiger partial charge >= 0.3 is 21.1 Å². The minimum absolute atomic E-state index is 0. The molecule has 0 unspecified atom stereocenters. The Labute approximate surface area is 540 Å². The van der Waals surface area contributed by atoms with Crippen LogP contribution in [0.3, 0.4) is 0 Å². The minimum Gasteiger partial charge on any atom is -0.503 e. The number of rotatable bonds is 10. The van der Waals surface area contributed by atoms with E-state index in [1.807, 2.05) is 24.5 Å². The number of fused-ring (bicyclic) bond motifs is 2. The van der Waals surface area contributed by atoms with E-state index in [1.165, 1.54) is 44.5 Å². The number of aryl methyl sites for hydroxylation is 3. The number of anilines is 6. The molecule has 5 nitrogen and oxygen atoms in total. The summed E-state index contributed by atoms with van der Waals surface area (Å²) in [6.07, 6.45) is 3.85. The van der Waals surface area contributed by atoms with Crippen LogP contribution in [0.4, 0.5) is 34.1 Å². The van der Waals surface area contributed by atoms with Gasteiger partial charge in [-0.2, -0.15) is 12.1 Å². The molecule has 8 aromatic carbocycles. The number of nitrogens with zero attached hydrogens (tertiary/aromatic N) is 4. The Kier molecular flexibility index (Phi) is 16.9. The van der Waals surface area contributed by atoms with Crippen LogP contribution in [-0.2, 0) is 53.6 Å². The summed E-state index contributed by atoms with van der Waals surface area (Å²) in [5.74, 6) is 1.12. The molecule has 10 aromatic rings. The van der Waals surface area contributed by atoms with E-state index in [0.717, 1.165) is 78.9 Å². The molecule has 3 heterocycles. The molecule has 0 atom stereocenters. The monoisotopic (exact) mass is 1340 g/mol. The van der Waals surface area contributed by atoms with Crippen molar-refractivity contribution in [2.24, 2.45) is 0 Å². The van der Waals surface area contributed by atoms with Gasteiger partial charge in [0.1, 0.15) is 0 Å². The molecular weight excluding hydrogens is 1250 g/mol. The second-order valence-corrected chi connectivity index (χ2v) is 29.3. The Morgan fingerprint density at radius 1 is 0.432 bits per heavy atom. The number of benzene rings is 8. The van der Waals surface area contributed by atoms with E-state index in [9.17, 15) is 0 Å². The Morgan fingerprint density at radius 2 is 0.932 bits per heavy atom. The Morgan fingerprint density at radius 3 is 1.42 bits per heavy atom. The predicted octanol–water partition coefficient (Wildman–Crippen LogP) is 22.2. The van der Waals surface area contributed by atoms with Crippen LogP contribution in [0.5, 0.6) is 11.5 Å². The van der Waals surface area contributed by atoms with Gasteiger partial charge in [-0.3, -0.25) is 4.98 Å². The van der Waals surface area contributed by atoms with Gasteiger partial charge in [0.25, 0.3) is 0 Å². The average Bonchev–Trinajstić information content (AvgIpc) is 0.694. The van der Waals surface area contributed by atoms with Crippen molar-refractivity contribution in [3.8, 4) is 33.9 Å². The maximum atomic E-state index is 7.29. The number of hydrogen-bond acceptors (Lipinski definition) is 5. The zero-order valence-electron chi connectivity index (χ0n) is 55.0. The van der Waals surface area contributed by atoms with Crippen molar-refractivity contribution in [2.75, 3.05) is 9.80 Å². The van der Waals surface area contributed by atoms with Gasteiger partial charge in [0.2, 0.25) is 0 Å². The van der Waals surface area contributed by atoms with Crippen LogP contribution in [0.25, 0.3) is 22.4 Å². The third kappa shape index (κ3) is 12.3. The van der Waals surface area contributed by atoms with Gasteiger partial charge in [0.15, 0.2) is 0 Å². The largest absolute Gasteiger partial charge is 2.00 e. The molecule has 1 aliphatic rings. The third-order valence-corrected chi connectivity index (χ3v) is 17.5. The van der Waals surface area contributed by atoms with E-state index in [2.05, 4.69) is 316 Å². The Bertz CT molecular complexity index is 4020. The topological polar surface area (TPSA) is 41.5 Å². The standard InChI is InChI=1S/C82H86N4O.Pt/c1-53-44-54(2)76(55(3)45-53)57-46-56(72-52-67(41-43-83-72)85(64-33-25-58(26-34-64)77(4,5)6)65-35-27-59(28-36-65)78(7,8)9)47-69(48-57)87-68-23-21-22-63(49-68)82(75-24-19-20-42-84-75)70-50-61(80(13,14)15)31-39-73(70)86(66-37-29-60(30-38-66)79(10,11)12)74-40-32-62(51-71(74)82)81(16,17)18;/h19-46,48,50-52H,1-18H3;/q-2;+2. The first-order valence-corrected chi connectivity index (χ1v) is 30.9. The Balaban J connectivity index is 0.00000855. The molecule has 0 saturated carbocycles. The summed E-state index contributed by atoms with van der Waals surface area (Å²) in [4.78, 5) is 15.3. The van der Waals surface area contributed by atoms with Crippen LogP contribution in [0, 0.1) is 32.9 Å². The molecule has 0 saturated heterocycles. The summed E-state index contributed by atoms with van der Waals surface area (Å²) in [5, 5.41) is 0. The maximum Gasteiger partial charge on any atom is 2.00 e. The average molecular weight is 1340 g/mol. The van der Waals surface area contributed by atoms with Crippen LogP contribution in [0.1, 0.15) is 171 Å². The minimum atomic E-state index is -0.959. The fourth-order valence-electron chi connectivity index (χ4n) is 12.7. The van der Waals surface area contributed by atoms with Crippen molar-refractivity contribution in [1.82, 2.24) is 9.97 Å². The van der Waals surface area contributed by atoms with Crippen molar-refractivity contribution in [1.29, 1.82) is 0 Å². The molecule has 0 radical (unpaired) electrons. The summed E-state index contributed by atoms with van der Waals surface area (Å²) in [7, 11) is 0. The van der Waals surface area contributed by atoms with Crippen LogP contribution in [0.15, 0.2) is 194 Å². The van der Waals surface area contributed by atoms with Crippen LogP contribution in [-0.4, -0.2) is 9.97 Å². The van der Waals surface area contributed by atoms with Gasteiger partial charge in [-0.05, 0) is 176 Å². The van der Waals surface area contributed by atoms with E-state index in [0.29, 0.717) is 11.5 Å². The molecule has 6 heteroatoms. The first-order valence-electron chi connectivity index (χ1n) is 30.9. The quantitative estimate of drug-likeness (QED) is 0.128. The smallest absolute Gasteiger partial charge is 0.503 e. The molecule has 0 amide bonds. The Hall–Kier alpha value is -7.85. The molecule has 0 spiro atoms. The van der Waals surface area contributed by atoms with Crippen molar-refractivity contribution in [2.45, 2.75) is 157 Å². The zero-order valence-corrected chi connectivity index (χ0v) is 57.3. The van der Waals surface area contributed by atoms with Gasteiger partial charge in [-0.1, -0.05) is 212 Å². The third-order valence-electron chi connectivity index (χ3n) is 17.5. The van der Waals surface area contributed by atoms with Gasteiger partial charge in [-0.25, -0.2) is 0 Å². The molecule has 2 aromatic heterocycles. The molecule has 0 aliphatic carbocycles.